The molecule has 0 amide bonds. The van der Waals surface area contributed by atoms with E-state index in [1.54, 1.807) is 0 Å². The molecule has 3 unspecified atom stereocenters. The molecule has 0 aromatic carbocycles. The monoisotopic (exact) mass is 224 g/mol. The van der Waals surface area contributed by atoms with E-state index in [0.29, 0.717) is 6.04 Å². The molecule has 0 aromatic heterocycles. The molecule has 2 fully saturated rings. The minimum atomic E-state index is 0.646. The average Bonchev–Trinajstić information content (AvgIpc) is 3.00. The predicted octanol–water partition coefficient (Wildman–Crippen LogP) is 2.35. The Balaban J connectivity index is 1.61. The zero-order chi connectivity index (χ0) is 11.5. The van der Waals surface area contributed by atoms with Crippen molar-refractivity contribution in [2.45, 2.75) is 45.6 Å². The normalized spacial score (nSPS) is 34.9. The van der Waals surface area contributed by atoms with Crippen LogP contribution in [0.3, 0.4) is 0 Å². The fourth-order valence-corrected chi connectivity index (χ4v) is 3.44. The Morgan fingerprint density at radius 3 is 2.44 bits per heavy atom. The zero-order valence-electron chi connectivity index (χ0n) is 11.2. The molecule has 2 aliphatic rings. The van der Waals surface area contributed by atoms with Gasteiger partial charge in [-0.05, 0) is 57.7 Å². The first kappa shape index (κ1) is 12.4. The van der Waals surface area contributed by atoms with Crippen LogP contribution >= 0.6 is 0 Å². The molecule has 94 valence electrons. The Morgan fingerprint density at radius 1 is 1.25 bits per heavy atom. The third-order valence-corrected chi connectivity index (χ3v) is 4.66. The van der Waals surface area contributed by atoms with Gasteiger partial charge in [0.05, 0.1) is 0 Å². The summed E-state index contributed by atoms with van der Waals surface area (Å²) in [6.45, 7) is 8.15. The van der Waals surface area contributed by atoms with Gasteiger partial charge >= 0.3 is 0 Å². The third kappa shape index (κ3) is 2.98. The van der Waals surface area contributed by atoms with Gasteiger partial charge in [-0.25, -0.2) is 0 Å². The highest BCUT2D eigenvalue weighted by molar-refractivity contribution is 5.00. The second-order valence-corrected chi connectivity index (χ2v) is 5.94. The molecule has 2 saturated carbocycles. The number of rotatable bonds is 6. The van der Waals surface area contributed by atoms with Crippen molar-refractivity contribution in [1.29, 1.82) is 0 Å². The number of nitrogens with zero attached hydrogens (tertiary/aromatic N) is 1. The minimum absolute atomic E-state index is 0.646. The van der Waals surface area contributed by atoms with Crippen molar-refractivity contribution in [2.24, 2.45) is 17.8 Å². The van der Waals surface area contributed by atoms with E-state index in [0.717, 1.165) is 24.3 Å². The molecule has 1 N–H and O–H groups in total. The van der Waals surface area contributed by atoms with Gasteiger partial charge in [0.1, 0.15) is 0 Å². The van der Waals surface area contributed by atoms with Crippen LogP contribution in [-0.2, 0) is 0 Å². The second-order valence-electron chi connectivity index (χ2n) is 5.94. The van der Waals surface area contributed by atoms with Crippen LogP contribution in [-0.4, -0.2) is 37.6 Å². The SMILES string of the molecule is CCN(C)CC(C)NCC1C2CCCCC21. The summed E-state index contributed by atoms with van der Waals surface area (Å²) in [4.78, 5) is 2.39. The molecule has 2 aliphatic carbocycles. The van der Waals surface area contributed by atoms with E-state index in [2.05, 4.69) is 31.1 Å². The molecule has 3 atom stereocenters. The van der Waals surface area contributed by atoms with Crippen molar-refractivity contribution < 1.29 is 0 Å². The average molecular weight is 224 g/mol. The first-order valence-electron chi connectivity index (χ1n) is 7.14. The fraction of sp³-hybridized carbons (Fsp3) is 1.00. The molecule has 0 bridgehead atoms. The van der Waals surface area contributed by atoms with Gasteiger partial charge in [0.25, 0.3) is 0 Å². The number of hydrogen-bond acceptors (Lipinski definition) is 2. The summed E-state index contributed by atoms with van der Waals surface area (Å²) in [5, 5.41) is 3.72. The smallest absolute Gasteiger partial charge is 0.0166 e. The highest BCUT2D eigenvalue weighted by Crippen LogP contribution is 2.54. The van der Waals surface area contributed by atoms with E-state index in [1.165, 1.54) is 38.8 Å². The highest BCUT2D eigenvalue weighted by Gasteiger charge is 2.49. The van der Waals surface area contributed by atoms with Crippen molar-refractivity contribution >= 4 is 0 Å². The Bertz CT molecular complexity index is 205. The van der Waals surface area contributed by atoms with Gasteiger partial charge in [-0.3, -0.25) is 0 Å². The first-order chi connectivity index (χ1) is 7.72. The van der Waals surface area contributed by atoms with E-state index in [-0.39, 0.29) is 0 Å². The third-order valence-electron chi connectivity index (χ3n) is 4.66. The molecule has 2 rings (SSSR count). The maximum atomic E-state index is 3.72. The summed E-state index contributed by atoms with van der Waals surface area (Å²) in [6.07, 6.45) is 6.01. The Morgan fingerprint density at radius 2 is 1.88 bits per heavy atom. The number of likely N-dealkylation sites (N-methyl/N-ethyl adjacent to an activating group) is 1. The quantitative estimate of drug-likeness (QED) is 0.745. The second kappa shape index (κ2) is 5.50. The number of hydrogen-bond donors (Lipinski definition) is 1. The van der Waals surface area contributed by atoms with E-state index < -0.39 is 0 Å². The van der Waals surface area contributed by atoms with Crippen LogP contribution in [0.2, 0.25) is 0 Å². The minimum Gasteiger partial charge on any atom is -0.313 e. The Hall–Kier alpha value is -0.0800. The fourth-order valence-electron chi connectivity index (χ4n) is 3.44. The molecule has 16 heavy (non-hydrogen) atoms. The van der Waals surface area contributed by atoms with Crippen LogP contribution in [0.25, 0.3) is 0 Å². The van der Waals surface area contributed by atoms with Crippen LogP contribution in [0.1, 0.15) is 39.5 Å². The molecule has 0 radical (unpaired) electrons. The van der Waals surface area contributed by atoms with E-state index in [1.807, 2.05) is 0 Å². The van der Waals surface area contributed by atoms with Gasteiger partial charge in [-0.15, -0.1) is 0 Å². The van der Waals surface area contributed by atoms with E-state index in [4.69, 9.17) is 0 Å². The molecule has 0 aromatic rings. The van der Waals surface area contributed by atoms with Crippen LogP contribution in [0, 0.1) is 17.8 Å². The van der Waals surface area contributed by atoms with Gasteiger partial charge in [0.2, 0.25) is 0 Å². The lowest BCUT2D eigenvalue weighted by molar-refractivity contribution is 0.307. The molecule has 0 heterocycles. The van der Waals surface area contributed by atoms with Gasteiger partial charge in [0, 0.05) is 12.6 Å². The van der Waals surface area contributed by atoms with Crippen molar-refractivity contribution in [3.8, 4) is 0 Å². The highest BCUT2D eigenvalue weighted by atomic mass is 15.1. The Kier molecular flexibility index (Phi) is 4.26. The van der Waals surface area contributed by atoms with Crippen molar-refractivity contribution in [2.75, 3.05) is 26.7 Å². The molecular formula is C14H28N2. The van der Waals surface area contributed by atoms with Crippen LogP contribution in [0.5, 0.6) is 0 Å². The lowest BCUT2D eigenvalue weighted by Crippen LogP contribution is -2.38. The predicted molar refractivity (Wildman–Crippen MR) is 69.6 cm³/mol. The first-order valence-corrected chi connectivity index (χ1v) is 7.14. The van der Waals surface area contributed by atoms with Gasteiger partial charge < -0.3 is 10.2 Å². The summed E-state index contributed by atoms with van der Waals surface area (Å²) in [7, 11) is 2.20. The molecular weight excluding hydrogens is 196 g/mol. The van der Waals surface area contributed by atoms with Gasteiger partial charge in [0.15, 0.2) is 0 Å². The van der Waals surface area contributed by atoms with Crippen LogP contribution in [0.15, 0.2) is 0 Å². The lowest BCUT2D eigenvalue weighted by atomic mass is 10.0. The zero-order valence-corrected chi connectivity index (χ0v) is 11.2. The molecule has 0 aliphatic heterocycles. The van der Waals surface area contributed by atoms with Crippen molar-refractivity contribution in [1.82, 2.24) is 10.2 Å². The summed E-state index contributed by atoms with van der Waals surface area (Å²) < 4.78 is 0. The summed E-state index contributed by atoms with van der Waals surface area (Å²) >= 11 is 0. The topological polar surface area (TPSA) is 15.3 Å². The maximum absolute atomic E-state index is 3.72. The summed E-state index contributed by atoms with van der Waals surface area (Å²) in [5.74, 6) is 3.21. The van der Waals surface area contributed by atoms with Crippen molar-refractivity contribution in [3.05, 3.63) is 0 Å². The lowest BCUT2D eigenvalue weighted by Gasteiger charge is -2.20. The van der Waals surface area contributed by atoms with Crippen molar-refractivity contribution in [3.63, 3.8) is 0 Å². The van der Waals surface area contributed by atoms with Gasteiger partial charge in [-0.1, -0.05) is 19.8 Å². The van der Waals surface area contributed by atoms with Gasteiger partial charge in [-0.2, -0.15) is 0 Å². The molecule has 0 spiro atoms. The maximum Gasteiger partial charge on any atom is 0.0166 e. The largest absolute Gasteiger partial charge is 0.313 e. The van der Waals surface area contributed by atoms with E-state index in [9.17, 15) is 0 Å². The van der Waals surface area contributed by atoms with Crippen LogP contribution < -0.4 is 5.32 Å². The molecule has 2 nitrogen and oxygen atoms in total. The Labute approximate surface area is 101 Å². The summed E-state index contributed by atoms with van der Waals surface area (Å²) in [5.41, 5.74) is 0. The van der Waals surface area contributed by atoms with Crippen LogP contribution in [0.4, 0.5) is 0 Å². The number of nitrogens with one attached hydrogen (secondary N) is 1. The summed E-state index contributed by atoms with van der Waals surface area (Å²) in [6, 6.07) is 0.646. The standard InChI is InChI=1S/C14H28N2/c1-4-16(3)10-11(2)15-9-14-12-7-5-6-8-13(12)14/h11-15H,4-10H2,1-3H3. The van der Waals surface area contributed by atoms with E-state index >= 15 is 0 Å². The molecule has 2 heteroatoms. The number of fused-ring (bicyclic) bond motifs is 1. The molecule has 0 saturated heterocycles.